The highest BCUT2D eigenvalue weighted by Crippen LogP contribution is 2.30. The molecule has 1 unspecified atom stereocenters. The monoisotopic (exact) mass is 177 g/mol. The first kappa shape index (κ1) is 7.66. The summed E-state index contributed by atoms with van der Waals surface area (Å²) < 4.78 is 19.8. The minimum atomic E-state index is -1.97. The van der Waals surface area contributed by atoms with Crippen LogP contribution in [-0.4, -0.2) is 7.11 Å². The summed E-state index contributed by atoms with van der Waals surface area (Å²) in [7, 11) is -0.629. The van der Waals surface area contributed by atoms with E-state index in [-0.39, 0.29) is 0 Å². The molecule has 0 amide bonds. The lowest BCUT2D eigenvalue weighted by Crippen LogP contribution is -1.77. The van der Waals surface area contributed by atoms with Crippen molar-refractivity contribution in [3.63, 3.8) is 0 Å². The van der Waals surface area contributed by atoms with Gasteiger partial charge in [-0.3, -0.25) is 0 Å². The molecule has 1 heterocycles. The molecule has 0 aliphatic carbocycles. The van der Waals surface area contributed by atoms with Gasteiger partial charge in [0.15, 0.2) is 0 Å². The van der Waals surface area contributed by atoms with E-state index in [2.05, 4.69) is 4.52 Å². The molecular formula is C5H6O3PS+. The van der Waals surface area contributed by atoms with Crippen molar-refractivity contribution in [2.75, 3.05) is 7.11 Å². The van der Waals surface area contributed by atoms with Crippen LogP contribution in [0.2, 0.25) is 0 Å². The summed E-state index contributed by atoms with van der Waals surface area (Å²) in [5.74, 6) is 0. The molecule has 0 aromatic carbocycles. The molecule has 0 aliphatic rings. The first-order chi connectivity index (χ1) is 4.83. The molecule has 5 heteroatoms. The number of hydrogen-bond acceptors (Lipinski definition) is 4. The Morgan fingerprint density at radius 2 is 2.50 bits per heavy atom. The van der Waals surface area contributed by atoms with E-state index < -0.39 is 8.25 Å². The van der Waals surface area contributed by atoms with Gasteiger partial charge in [-0.15, -0.1) is 15.9 Å². The Labute approximate surface area is 63.5 Å². The van der Waals surface area contributed by atoms with Gasteiger partial charge >= 0.3 is 8.25 Å². The highest BCUT2D eigenvalue weighted by molar-refractivity contribution is 7.34. The first-order valence-corrected chi connectivity index (χ1v) is 4.53. The number of rotatable bonds is 3. The Hall–Kier alpha value is -0.440. The van der Waals surface area contributed by atoms with Crippen molar-refractivity contribution in [2.24, 2.45) is 0 Å². The molecule has 0 N–H and O–H groups in total. The molecule has 0 saturated carbocycles. The average Bonchev–Trinajstić information content (AvgIpc) is 2.40. The van der Waals surface area contributed by atoms with Gasteiger partial charge in [-0.25, -0.2) is 4.52 Å². The second-order valence-corrected chi connectivity index (χ2v) is 3.33. The lowest BCUT2D eigenvalue weighted by Gasteiger charge is -1.80. The first-order valence-electron chi connectivity index (χ1n) is 2.56. The van der Waals surface area contributed by atoms with Crippen LogP contribution in [0.4, 0.5) is 0 Å². The zero-order valence-electron chi connectivity index (χ0n) is 5.31. The zero-order chi connectivity index (χ0) is 7.40. The summed E-state index contributed by atoms with van der Waals surface area (Å²) in [6, 6.07) is 3.55. The van der Waals surface area contributed by atoms with Gasteiger partial charge in [0.25, 0.3) is 0 Å². The van der Waals surface area contributed by atoms with E-state index in [0.29, 0.717) is 5.06 Å². The summed E-state index contributed by atoms with van der Waals surface area (Å²) in [6.07, 6.45) is 0. The van der Waals surface area contributed by atoms with Crippen molar-refractivity contribution < 1.29 is 13.6 Å². The molecule has 3 nitrogen and oxygen atoms in total. The normalized spacial score (nSPS) is 11.1. The average molecular weight is 177 g/mol. The molecule has 1 aromatic heterocycles. The topological polar surface area (TPSA) is 35.5 Å². The van der Waals surface area contributed by atoms with Crippen molar-refractivity contribution in [3.05, 3.63) is 17.5 Å². The molecule has 0 saturated heterocycles. The van der Waals surface area contributed by atoms with Crippen LogP contribution < -0.4 is 4.52 Å². The third-order valence-electron chi connectivity index (χ3n) is 0.809. The maximum absolute atomic E-state index is 10.6. The standard InChI is InChI=1S/C5H6O3PS/c1-7-9(6)8-5-3-2-4-10-5/h2-4H,1H3/q+1. The highest BCUT2D eigenvalue weighted by Gasteiger charge is 2.18. The van der Waals surface area contributed by atoms with Crippen LogP contribution in [0.1, 0.15) is 0 Å². The summed E-state index contributed by atoms with van der Waals surface area (Å²) in [5.41, 5.74) is 0. The summed E-state index contributed by atoms with van der Waals surface area (Å²) in [6.45, 7) is 0. The van der Waals surface area contributed by atoms with Crippen LogP contribution in [0.25, 0.3) is 0 Å². The lowest BCUT2D eigenvalue weighted by atomic mass is 10.7. The maximum Gasteiger partial charge on any atom is 0.750 e. The molecule has 0 aliphatic heterocycles. The van der Waals surface area contributed by atoms with Crippen LogP contribution in [-0.2, 0) is 9.09 Å². The summed E-state index contributed by atoms with van der Waals surface area (Å²) in [4.78, 5) is 0. The predicted octanol–water partition coefficient (Wildman–Crippen LogP) is 2.43. The van der Waals surface area contributed by atoms with Gasteiger partial charge in [0.1, 0.15) is 0 Å². The summed E-state index contributed by atoms with van der Waals surface area (Å²) >= 11 is 1.38. The Balaban J connectivity index is 2.48. The van der Waals surface area contributed by atoms with Crippen molar-refractivity contribution in [1.82, 2.24) is 0 Å². The molecule has 0 bridgehead atoms. The molecule has 1 atom stereocenters. The van der Waals surface area contributed by atoms with E-state index in [4.69, 9.17) is 4.52 Å². The second-order valence-electron chi connectivity index (χ2n) is 1.43. The Morgan fingerprint density at radius 3 is 3.00 bits per heavy atom. The maximum atomic E-state index is 10.6. The van der Waals surface area contributed by atoms with Crippen LogP contribution in [0.5, 0.6) is 5.06 Å². The van der Waals surface area contributed by atoms with Crippen LogP contribution >= 0.6 is 19.6 Å². The van der Waals surface area contributed by atoms with Gasteiger partial charge < -0.3 is 0 Å². The summed E-state index contributed by atoms with van der Waals surface area (Å²) in [5, 5.41) is 2.46. The number of hydrogen-bond donors (Lipinski definition) is 0. The fraction of sp³-hybridized carbons (Fsp3) is 0.200. The Kier molecular flexibility index (Phi) is 2.81. The van der Waals surface area contributed by atoms with E-state index in [0.717, 1.165) is 0 Å². The Morgan fingerprint density at radius 1 is 1.70 bits per heavy atom. The molecule has 10 heavy (non-hydrogen) atoms. The van der Waals surface area contributed by atoms with Crippen molar-refractivity contribution in [2.45, 2.75) is 0 Å². The fourth-order valence-corrected chi connectivity index (χ4v) is 1.51. The smallest absolute Gasteiger partial charge is 0.218 e. The highest BCUT2D eigenvalue weighted by atomic mass is 32.1. The predicted molar refractivity (Wildman–Crippen MR) is 39.6 cm³/mol. The third kappa shape index (κ3) is 2.06. The molecule has 0 fully saturated rings. The molecule has 0 radical (unpaired) electrons. The van der Waals surface area contributed by atoms with E-state index in [1.807, 2.05) is 11.4 Å². The zero-order valence-corrected chi connectivity index (χ0v) is 7.02. The molecule has 1 rings (SSSR count). The van der Waals surface area contributed by atoms with Crippen LogP contribution in [0, 0.1) is 0 Å². The quantitative estimate of drug-likeness (QED) is 0.665. The van der Waals surface area contributed by atoms with E-state index >= 15 is 0 Å². The second kappa shape index (κ2) is 3.66. The van der Waals surface area contributed by atoms with Crippen molar-refractivity contribution in [1.29, 1.82) is 0 Å². The Bertz CT molecular complexity index is 209. The molecule has 54 valence electrons. The van der Waals surface area contributed by atoms with Gasteiger partial charge in [-0.05, 0) is 17.5 Å². The van der Waals surface area contributed by atoms with Crippen LogP contribution in [0.3, 0.4) is 0 Å². The van der Waals surface area contributed by atoms with E-state index in [1.165, 1.54) is 18.4 Å². The van der Waals surface area contributed by atoms with E-state index in [9.17, 15) is 4.57 Å². The van der Waals surface area contributed by atoms with Crippen molar-refractivity contribution >= 4 is 19.6 Å². The molecule has 0 spiro atoms. The van der Waals surface area contributed by atoms with Gasteiger partial charge in [0.05, 0.1) is 7.11 Å². The SMILES string of the molecule is CO[P+](=O)Oc1cccs1. The fourth-order valence-electron chi connectivity index (χ4n) is 0.426. The third-order valence-corrected chi connectivity index (χ3v) is 2.32. The number of thiophene rings is 1. The largest absolute Gasteiger partial charge is 0.750 e. The minimum Gasteiger partial charge on any atom is -0.218 e. The van der Waals surface area contributed by atoms with Gasteiger partial charge in [-0.2, -0.15) is 0 Å². The van der Waals surface area contributed by atoms with Gasteiger partial charge in [-0.1, -0.05) is 0 Å². The van der Waals surface area contributed by atoms with Crippen molar-refractivity contribution in [3.8, 4) is 5.06 Å². The minimum absolute atomic E-state index is 0.614. The van der Waals surface area contributed by atoms with Crippen LogP contribution in [0.15, 0.2) is 17.5 Å². The molecular weight excluding hydrogens is 171 g/mol. The van der Waals surface area contributed by atoms with Gasteiger partial charge in [0, 0.05) is 4.57 Å². The van der Waals surface area contributed by atoms with Gasteiger partial charge in [0.2, 0.25) is 5.06 Å². The molecule has 1 aromatic rings. The lowest BCUT2D eigenvalue weighted by molar-refractivity contribution is 0.351. The van der Waals surface area contributed by atoms with E-state index in [1.54, 1.807) is 6.07 Å².